The molecule has 1 aliphatic carbocycles. The van der Waals surface area contributed by atoms with E-state index in [0.717, 1.165) is 24.1 Å². The molecule has 3 amide bonds. The molecule has 1 atom stereocenters. The van der Waals surface area contributed by atoms with Gasteiger partial charge in [-0.3, -0.25) is 18.7 Å². The molecule has 2 heterocycles. The summed E-state index contributed by atoms with van der Waals surface area (Å²) in [7, 11) is -3.46. The first-order chi connectivity index (χ1) is 23.6. The Morgan fingerprint density at radius 2 is 1.37 bits per heavy atom. The fourth-order valence-electron chi connectivity index (χ4n) is 6.73. The van der Waals surface area contributed by atoms with Crippen LogP contribution >= 0.6 is 11.6 Å². The van der Waals surface area contributed by atoms with Crippen LogP contribution in [0, 0.1) is 11.8 Å². The summed E-state index contributed by atoms with van der Waals surface area (Å²) in [5.41, 5.74) is 3.08. The first kappa shape index (κ1) is 34.8. The van der Waals surface area contributed by atoms with Crippen LogP contribution in [-0.4, -0.2) is 106 Å². The van der Waals surface area contributed by atoms with Gasteiger partial charge in [0.15, 0.2) is 0 Å². The van der Waals surface area contributed by atoms with E-state index in [4.69, 9.17) is 11.6 Å². The molecule has 260 valence electrons. The molecule has 0 bridgehead atoms. The number of carbonyl (C=O) groups excluding carboxylic acids is 3. The van der Waals surface area contributed by atoms with Crippen LogP contribution in [0.2, 0.25) is 5.02 Å². The van der Waals surface area contributed by atoms with Crippen molar-refractivity contribution < 1.29 is 22.8 Å². The molecule has 3 fully saturated rings. The van der Waals surface area contributed by atoms with Gasteiger partial charge in [0.2, 0.25) is 21.8 Å². The predicted molar refractivity (Wildman–Crippen MR) is 192 cm³/mol. The maximum atomic E-state index is 14.1. The number of nitrogens with zero attached hydrogens (tertiary/aromatic N) is 5. The molecular weight excluding hydrogens is 662 g/mol. The summed E-state index contributed by atoms with van der Waals surface area (Å²) in [6.45, 7) is 4.20. The highest BCUT2D eigenvalue weighted by Gasteiger charge is 2.34. The summed E-state index contributed by atoms with van der Waals surface area (Å²) in [5.74, 6) is -0.380. The molecule has 49 heavy (non-hydrogen) atoms. The third-order valence-electron chi connectivity index (χ3n) is 9.71. The Bertz CT molecular complexity index is 1740. The lowest BCUT2D eigenvalue weighted by Gasteiger charge is -2.39. The molecule has 1 unspecified atom stereocenters. The molecule has 2 saturated heterocycles. The van der Waals surface area contributed by atoms with Gasteiger partial charge in [-0.05, 0) is 67.1 Å². The van der Waals surface area contributed by atoms with Crippen LogP contribution in [0.25, 0.3) is 0 Å². The van der Waals surface area contributed by atoms with E-state index in [1.165, 1.54) is 10.6 Å². The van der Waals surface area contributed by atoms with Gasteiger partial charge in [-0.2, -0.15) is 0 Å². The minimum atomic E-state index is -3.46. The van der Waals surface area contributed by atoms with Crippen molar-refractivity contribution in [3.05, 3.63) is 95.0 Å². The van der Waals surface area contributed by atoms with Gasteiger partial charge in [0.1, 0.15) is 0 Å². The fraction of sp³-hybridized carbons (Fsp3) is 0.432. The smallest absolute Gasteiger partial charge is 0.253 e. The second kappa shape index (κ2) is 15.2. The van der Waals surface area contributed by atoms with Crippen LogP contribution in [0.5, 0.6) is 0 Å². The Hall–Kier alpha value is -4.09. The summed E-state index contributed by atoms with van der Waals surface area (Å²) in [4.78, 5) is 48.2. The molecule has 0 radical (unpaired) electrons. The highest BCUT2D eigenvalue weighted by Crippen LogP contribution is 2.37. The van der Waals surface area contributed by atoms with Gasteiger partial charge in [-0.15, -0.1) is 0 Å². The molecule has 12 heteroatoms. The van der Waals surface area contributed by atoms with Gasteiger partial charge < -0.3 is 19.6 Å². The van der Waals surface area contributed by atoms with E-state index >= 15 is 0 Å². The first-order valence-corrected chi connectivity index (χ1v) is 19.3. The monoisotopic (exact) mass is 705 g/mol. The fourth-order valence-corrected chi connectivity index (χ4v) is 7.85. The number of benzene rings is 3. The van der Waals surface area contributed by atoms with Crippen molar-refractivity contribution in [2.45, 2.75) is 25.7 Å². The number of para-hydroxylation sites is 2. The minimum Gasteiger partial charge on any atom is -0.366 e. The third-order valence-corrected chi connectivity index (χ3v) is 11.1. The largest absolute Gasteiger partial charge is 0.366 e. The topological polar surface area (TPSA) is 102 Å². The van der Waals surface area contributed by atoms with Crippen molar-refractivity contribution in [1.82, 2.24) is 14.7 Å². The van der Waals surface area contributed by atoms with E-state index in [2.05, 4.69) is 4.90 Å². The number of piperazine rings is 2. The molecule has 6 rings (SSSR count). The number of sulfonamides is 1. The number of hydrogen-bond donors (Lipinski definition) is 0. The SMILES string of the molecule is CS(=O)(=O)N(CC1CC1)c1ccccc1N1CCN(C(=O)C(CC(=O)N2CCN(C(=O)c3ccccc3)CC2)Cc2ccc(Cl)cc2)CC1. The third kappa shape index (κ3) is 8.75. The molecule has 0 N–H and O–H groups in total. The predicted octanol–water partition coefficient (Wildman–Crippen LogP) is 4.40. The van der Waals surface area contributed by atoms with Crippen LogP contribution < -0.4 is 9.21 Å². The second-order valence-corrected chi connectivity index (χ2v) is 15.7. The minimum absolute atomic E-state index is 0.0443. The van der Waals surface area contributed by atoms with Crippen molar-refractivity contribution in [1.29, 1.82) is 0 Å². The first-order valence-electron chi connectivity index (χ1n) is 17.0. The summed E-state index contributed by atoms with van der Waals surface area (Å²) in [6, 6.07) is 24.1. The zero-order valence-corrected chi connectivity index (χ0v) is 29.5. The standard InChI is InChI=1S/C37H44ClN5O5S/c1-49(47,48)43(27-29-11-12-29)34-10-6-5-9-33(34)39-17-21-42(22-18-39)37(46)31(25-28-13-15-32(38)16-14-28)26-35(44)40-19-23-41(24-20-40)36(45)30-7-3-2-4-8-30/h2-10,13-16,29,31H,11-12,17-27H2,1H3. The van der Waals surface area contributed by atoms with E-state index < -0.39 is 15.9 Å². The lowest BCUT2D eigenvalue weighted by molar-refractivity contribution is -0.142. The van der Waals surface area contributed by atoms with Crippen molar-refractivity contribution in [3.8, 4) is 0 Å². The zero-order valence-electron chi connectivity index (χ0n) is 27.9. The molecule has 0 spiro atoms. The van der Waals surface area contributed by atoms with E-state index in [-0.39, 0.29) is 24.1 Å². The normalized spacial score (nSPS) is 17.5. The number of amides is 3. The molecule has 0 aromatic heterocycles. The lowest BCUT2D eigenvalue weighted by Crippen LogP contribution is -2.53. The molecule has 3 aromatic rings. The van der Waals surface area contributed by atoms with Crippen LogP contribution in [0.3, 0.4) is 0 Å². The summed E-state index contributed by atoms with van der Waals surface area (Å²) in [6.07, 6.45) is 3.82. The maximum Gasteiger partial charge on any atom is 0.253 e. The van der Waals surface area contributed by atoms with Crippen LogP contribution in [0.4, 0.5) is 11.4 Å². The van der Waals surface area contributed by atoms with Crippen molar-refractivity contribution in [2.24, 2.45) is 11.8 Å². The van der Waals surface area contributed by atoms with Crippen LogP contribution in [-0.2, 0) is 26.0 Å². The van der Waals surface area contributed by atoms with E-state index in [1.54, 1.807) is 34.1 Å². The van der Waals surface area contributed by atoms with Gasteiger partial charge >= 0.3 is 0 Å². The maximum absolute atomic E-state index is 14.1. The Morgan fingerprint density at radius 1 is 0.776 bits per heavy atom. The molecule has 2 aliphatic heterocycles. The van der Waals surface area contributed by atoms with E-state index in [0.29, 0.717) is 87.5 Å². The Morgan fingerprint density at radius 3 is 2.00 bits per heavy atom. The Labute approximate surface area is 294 Å². The molecule has 3 aromatic carbocycles. The Balaban J connectivity index is 1.11. The average Bonchev–Trinajstić information content (AvgIpc) is 3.95. The van der Waals surface area contributed by atoms with Gasteiger partial charge in [-0.25, -0.2) is 8.42 Å². The van der Waals surface area contributed by atoms with Crippen molar-refractivity contribution >= 4 is 50.7 Å². The van der Waals surface area contributed by atoms with Gasteiger partial charge in [0, 0.05) is 75.9 Å². The number of rotatable bonds is 11. The molecule has 1 saturated carbocycles. The second-order valence-electron chi connectivity index (χ2n) is 13.3. The number of carbonyl (C=O) groups is 3. The van der Waals surface area contributed by atoms with Gasteiger partial charge in [0.25, 0.3) is 5.91 Å². The number of halogens is 1. The van der Waals surface area contributed by atoms with E-state index in [9.17, 15) is 22.8 Å². The average molecular weight is 706 g/mol. The van der Waals surface area contributed by atoms with Crippen molar-refractivity contribution in [3.63, 3.8) is 0 Å². The van der Waals surface area contributed by atoms with Gasteiger partial charge in [0.05, 0.1) is 23.5 Å². The summed E-state index contributed by atoms with van der Waals surface area (Å²) >= 11 is 6.13. The highest BCUT2D eigenvalue weighted by molar-refractivity contribution is 7.92. The molecule has 10 nitrogen and oxygen atoms in total. The lowest BCUT2D eigenvalue weighted by atomic mass is 9.93. The summed E-state index contributed by atoms with van der Waals surface area (Å²) < 4.78 is 27.2. The van der Waals surface area contributed by atoms with Crippen molar-refractivity contribution in [2.75, 3.05) is 74.4 Å². The van der Waals surface area contributed by atoms with E-state index in [1.807, 2.05) is 59.5 Å². The highest BCUT2D eigenvalue weighted by atomic mass is 35.5. The van der Waals surface area contributed by atoms with Crippen LogP contribution in [0.1, 0.15) is 35.2 Å². The number of hydrogen-bond acceptors (Lipinski definition) is 6. The van der Waals surface area contributed by atoms with Crippen LogP contribution in [0.15, 0.2) is 78.9 Å². The quantitative estimate of drug-likeness (QED) is 0.293. The summed E-state index contributed by atoms with van der Waals surface area (Å²) in [5, 5.41) is 0.605. The molecular formula is C37H44ClN5O5S. The van der Waals surface area contributed by atoms with Gasteiger partial charge in [-0.1, -0.05) is 54.1 Å². The zero-order chi connectivity index (χ0) is 34.5. The number of anilines is 2. The Kier molecular flexibility index (Phi) is 10.8. The molecule has 3 aliphatic rings.